The van der Waals surface area contributed by atoms with Gasteiger partial charge in [0, 0.05) is 12.4 Å². The van der Waals surface area contributed by atoms with Crippen molar-refractivity contribution in [2.45, 2.75) is 6.54 Å². The fourth-order valence-electron chi connectivity index (χ4n) is 1.11. The van der Waals surface area contributed by atoms with E-state index in [9.17, 15) is 0 Å². The van der Waals surface area contributed by atoms with Crippen LogP contribution in [0.15, 0.2) is 45.7 Å². The monoisotopic (exact) mass is 252 g/mol. The molecule has 72 valence electrons. The number of rotatable bonds is 3. The molecule has 3 nitrogen and oxygen atoms in total. The molecule has 0 saturated heterocycles. The zero-order valence-corrected chi connectivity index (χ0v) is 8.99. The Labute approximate surface area is 90.3 Å². The fourth-order valence-corrected chi connectivity index (χ4v) is 1.50. The van der Waals surface area contributed by atoms with Crippen molar-refractivity contribution in [3.63, 3.8) is 0 Å². The first kappa shape index (κ1) is 9.27. The molecule has 2 rings (SSSR count). The average Bonchev–Trinajstić information content (AvgIpc) is 2.69. The molecule has 0 amide bonds. The van der Waals surface area contributed by atoms with E-state index in [-0.39, 0.29) is 0 Å². The van der Waals surface area contributed by atoms with Crippen LogP contribution in [0.3, 0.4) is 0 Å². The van der Waals surface area contributed by atoms with E-state index in [1.165, 1.54) is 0 Å². The first-order valence-corrected chi connectivity index (χ1v) is 5.01. The quantitative estimate of drug-likeness (QED) is 0.913. The van der Waals surface area contributed by atoms with Gasteiger partial charge in [0.15, 0.2) is 0 Å². The van der Waals surface area contributed by atoms with Crippen molar-refractivity contribution >= 4 is 21.6 Å². The fraction of sp³-hybridized carbons (Fsp3) is 0.100. The lowest BCUT2D eigenvalue weighted by atomic mass is 10.4. The highest BCUT2D eigenvalue weighted by Gasteiger charge is 1.99. The molecule has 0 atom stereocenters. The lowest BCUT2D eigenvalue weighted by Crippen LogP contribution is -1.98. The summed E-state index contributed by atoms with van der Waals surface area (Å²) in [5.74, 6) is 0.911. The van der Waals surface area contributed by atoms with Crippen molar-refractivity contribution in [3.05, 3.63) is 47.1 Å². The van der Waals surface area contributed by atoms with Crippen molar-refractivity contribution in [2.24, 2.45) is 0 Å². The molecular weight excluding hydrogens is 244 g/mol. The van der Waals surface area contributed by atoms with E-state index in [1.807, 2.05) is 18.2 Å². The third kappa shape index (κ3) is 2.14. The van der Waals surface area contributed by atoms with Crippen LogP contribution in [0.1, 0.15) is 5.76 Å². The van der Waals surface area contributed by atoms with E-state index < -0.39 is 0 Å². The van der Waals surface area contributed by atoms with Crippen LogP contribution in [-0.2, 0) is 6.54 Å². The second-order valence-electron chi connectivity index (χ2n) is 2.79. The molecule has 0 bridgehead atoms. The summed E-state index contributed by atoms with van der Waals surface area (Å²) in [7, 11) is 0. The number of furan rings is 1. The highest BCUT2D eigenvalue weighted by molar-refractivity contribution is 9.10. The summed E-state index contributed by atoms with van der Waals surface area (Å²) >= 11 is 3.40. The van der Waals surface area contributed by atoms with Gasteiger partial charge in [-0.25, -0.2) is 0 Å². The van der Waals surface area contributed by atoms with E-state index in [4.69, 9.17) is 4.42 Å². The van der Waals surface area contributed by atoms with Gasteiger partial charge in [-0.3, -0.25) is 4.98 Å². The minimum atomic E-state index is 0.676. The third-order valence-corrected chi connectivity index (χ3v) is 2.44. The molecule has 0 aliphatic heterocycles. The molecule has 2 heterocycles. The van der Waals surface area contributed by atoms with Gasteiger partial charge >= 0.3 is 0 Å². The van der Waals surface area contributed by atoms with E-state index >= 15 is 0 Å². The Morgan fingerprint density at radius 3 is 3.07 bits per heavy atom. The van der Waals surface area contributed by atoms with Gasteiger partial charge in [0.05, 0.1) is 23.0 Å². The summed E-state index contributed by atoms with van der Waals surface area (Å²) in [6.07, 6.45) is 5.16. The van der Waals surface area contributed by atoms with Crippen molar-refractivity contribution in [3.8, 4) is 0 Å². The van der Waals surface area contributed by atoms with Gasteiger partial charge in [-0.15, -0.1) is 0 Å². The number of aromatic nitrogens is 1. The highest BCUT2D eigenvalue weighted by Crippen LogP contribution is 2.20. The van der Waals surface area contributed by atoms with Gasteiger partial charge in [-0.1, -0.05) is 0 Å². The number of hydrogen-bond donors (Lipinski definition) is 1. The van der Waals surface area contributed by atoms with Gasteiger partial charge in [-0.2, -0.15) is 0 Å². The summed E-state index contributed by atoms with van der Waals surface area (Å²) in [5.41, 5.74) is 1.01. The van der Waals surface area contributed by atoms with E-state index in [0.717, 1.165) is 15.9 Å². The van der Waals surface area contributed by atoms with Crippen LogP contribution in [-0.4, -0.2) is 4.98 Å². The Balaban J connectivity index is 2.02. The molecular formula is C10H9BrN2O. The first-order valence-electron chi connectivity index (χ1n) is 4.22. The Morgan fingerprint density at radius 2 is 2.36 bits per heavy atom. The largest absolute Gasteiger partial charge is 0.467 e. The maximum atomic E-state index is 5.20. The Morgan fingerprint density at radius 1 is 1.43 bits per heavy atom. The van der Waals surface area contributed by atoms with E-state index in [1.54, 1.807) is 18.7 Å². The summed E-state index contributed by atoms with van der Waals surface area (Å²) in [6, 6.07) is 5.72. The van der Waals surface area contributed by atoms with Gasteiger partial charge in [0.25, 0.3) is 0 Å². The third-order valence-electron chi connectivity index (χ3n) is 1.81. The van der Waals surface area contributed by atoms with Crippen LogP contribution in [0.5, 0.6) is 0 Å². The topological polar surface area (TPSA) is 38.1 Å². The molecule has 2 aromatic heterocycles. The van der Waals surface area contributed by atoms with Crippen molar-refractivity contribution < 1.29 is 4.42 Å². The Hall–Kier alpha value is -1.29. The number of pyridine rings is 1. The summed E-state index contributed by atoms with van der Waals surface area (Å²) < 4.78 is 6.15. The molecule has 0 aliphatic carbocycles. The van der Waals surface area contributed by atoms with Gasteiger partial charge in [0.2, 0.25) is 0 Å². The van der Waals surface area contributed by atoms with E-state index in [2.05, 4.69) is 26.2 Å². The lowest BCUT2D eigenvalue weighted by molar-refractivity contribution is 0.518. The van der Waals surface area contributed by atoms with Crippen LogP contribution in [0.2, 0.25) is 0 Å². The molecule has 0 spiro atoms. The SMILES string of the molecule is Brc1cnccc1NCc1ccco1. The standard InChI is InChI=1S/C10H9BrN2O/c11-9-7-12-4-3-10(9)13-6-8-2-1-5-14-8/h1-5,7H,6H2,(H,12,13). The number of hydrogen-bond acceptors (Lipinski definition) is 3. The van der Waals surface area contributed by atoms with Crippen LogP contribution < -0.4 is 5.32 Å². The lowest BCUT2D eigenvalue weighted by Gasteiger charge is -2.05. The molecule has 1 N–H and O–H groups in total. The number of halogens is 1. The van der Waals surface area contributed by atoms with Gasteiger partial charge in [-0.05, 0) is 34.1 Å². The van der Waals surface area contributed by atoms with Crippen molar-refractivity contribution in [1.82, 2.24) is 4.98 Å². The summed E-state index contributed by atoms with van der Waals surface area (Å²) in [4.78, 5) is 3.98. The van der Waals surface area contributed by atoms with Gasteiger partial charge in [0.1, 0.15) is 5.76 Å². The minimum Gasteiger partial charge on any atom is -0.467 e. The van der Waals surface area contributed by atoms with Crippen LogP contribution >= 0.6 is 15.9 Å². The Bertz CT molecular complexity index is 400. The first-order chi connectivity index (χ1) is 6.86. The molecule has 0 aromatic carbocycles. The number of nitrogens with one attached hydrogen (secondary N) is 1. The zero-order valence-electron chi connectivity index (χ0n) is 7.40. The molecule has 2 aromatic rings. The average molecular weight is 253 g/mol. The van der Waals surface area contributed by atoms with Crippen molar-refractivity contribution in [1.29, 1.82) is 0 Å². The van der Waals surface area contributed by atoms with Crippen LogP contribution in [0.4, 0.5) is 5.69 Å². The summed E-state index contributed by atoms with van der Waals surface area (Å²) in [5, 5.41) is 3.23. The molecule has 0 aliphatic rings. The van der Waals surface area contributed by atoms with Crippen LogP contribution in [0.25, 0.3) is 0 Å². The smallest absolute Gasteiger partial charge is 0.122 e. The second kappa shape index (κ2) is 4.28. The maximum absolute atomic E-state index is 5.20. The van der Waals surface area contributed by atoms with Crippen molar-refractivity contribution in [2.75, 3.05) is 5.32 Å². The number of anilines is 1. The van der Waals surface area contributed by atoms with Crippen LogP contribution in [0, 0.1) is 0 Å². The predicted molar refractivity (Wildman–Crippen MR) is 58.0 cm³/mol. The Kier molecular flexibility index (Phi) is 2.84. The molecule has 0 saturated carbocycles. The highest BCUT2D eigenvalue weighted by atomic mass is 79.9. The minimum absolute atomic E-state index is 0.676. The molecule has 0 fully saturated rings. The molecule has 14 heavy (non-hydrogen) atoms. The maximum Gasteiger partial charge on any atom is 0.122 e. The molecule has 4 heteroatoms. The van der Waals surface area contributed by atoms with E-state index in [0.29, 0.717) is 6.54 Å². The second-order valence-corrected chi connectivity index (χ2v) is 3.64. The predicted octanol–water partition coefficient (Wildman–Crippen LogP) is 3.05. The molecule has 0 unspecified atom stereocenters. The van der Waals surface area contributed by atoms with Gasteiger partial charge < -0.3 is 9.73 Å². The number of nitrogens with zero attached hydrogens (tertiary/aromatic N) is 1. The molecule has 0 radical (unpaired) electrons. The zero-order chi connectivity index (χ0) is 9.80. The summed E-state index contributed by atoms with van der Waals surface area (Å²) in [6.45, 7) is 0.676. The normalized spacial score (nSPS) is 10.1.